The largest absolute Gasteiger partial charge is 1.00 e. The Morgan fingerprint density at radius 3 is 0.985 bits per heavy atom. The first kappa shape index (κ1) is 95.5. The van der Waals surface area contributed by atoms with Crippen molar-refractivity contribution in [1.82, 2.24) is 54.1 Å². The fraction of sp³-hybridized carbons (Fsp3) is 0.0833. The van der Waals surface area contributed by atoms with Gasteiger partial charge < -0.3 is 56.7 Å². The molecule has 0 saturated heterocycles. The minimum atomic E-state index is -0.333. The summed E-state index contributed by atoms with van der Waals surface area (Å²) in [4.78, 5) is 70.3. The summed E-state index contributed by atoms with van der Waals surface area (Å²) in [5.74, 6) is 1.67. The maximum Gasteiger partial charge on any atom is 1.00 e. The van der Waals surface area contributed by atoms with Crippen LogP contribution in [-0.4, -0.2) is 122 Å². The van der Waals surface area contributed by atoms with Gasteiger partial charge in [0.15, 0.2) is 11.3 Å². The first-order valence-electron chi connectivity index (χ1n) is 42.5. The fourth-order valence-corrected chi connectivity index (χ4v) is 16.4. The molecular formula is C108H90ClN14NaO12. The summed E-state index contributed by atoms with van der Waals surface area (Å²) in [6.45, 7) is 4.19. The molecule has 0 saturated carbocycles. The molecule has 12 aromatic carbocycles. The van der Waals surface area contributed by atoms with Gasteiger partial charge in [-0.2, -0.15) is 38.8 Å². The van der Waals surface area contributed by atoms with Crippen LogP contribution in [0.25, 0.3) is 134 Å². The van der Waals surface area contributed by atoms with Crippen molar-refractivity contribution in [2.75, 3.05) is 33.8 Å². The quantitative estimate of drug-likeness (QED) is 0.0343. The SMILES string of the molecule is CC(=O)NC1=C(c2ccc(O)cc2)C(=O)n2nc(-c3ccccc3)c(-c3ccccc3)c2C1.CC(N)=O.COc1ccc(-c2c(Cl)nc3c(-c4ccccc4)c(-c4ccccc4)nn3c2OC)cc1.COc1ccc(-c2c(NC(C)=O)nc3c(-c4ccccc4)c(-c4ccccc4)nn3c2OC)cc1.NC1=C(c2ccc(O)cc2)C(=O)n2nc(-c3ccccc3)c(-c3ccccc3)c2C1.[Na+].[OH-]. The summed E-state index contributed by atoms with van der Waals surface area (Å²) >= 11 is 6.75. The summed E-state index contributed by atoms with van der Waals surface area (Å²) < 4.78 is 28.7. The van der Waals surface area contributed by atoms with E-state index in [2.05, 4.69) is 16.4 Å². The molecule has 2 aliphatic rings. The van der Waals surface area contributed by atoms with Gasteiger partial charge in [-0.15, -0.1) is 0 Å². The number of aromatic nitrogens is 10. The first-order chi connectivity index (χ1) is 65.2. The molecule has 0 radical (unpaired) electrons. The second-order valence-corrected chi connectivity index (χ2v) is 31.2. The Balaban J connectivity index is 0.000000143. The molecule has 0 atom stereocenters. The number of ether oxygens (including phenoxy) is 4. The molecule has 672 valence electrons. The van der Waals surface area contributed by atoms with E-state index in [0.29, 0.717) is 97.4 Å². The zero-order valence-corrected chi connectivity index (χ0v) is 78.0. The number of hydrogen-bond acceptors (Lipinski definition) is 19. The van der Waals surface area contributed by atoms with Crippen LogP contribution in [-0.2, 0) is 27.2 Å². The monoisotopic (exact) mass is 1830 g/mol. The van der Waals surface area contributed by atoms with Crippen molar-refractivity contribution in [2.45, 2.75) is 33.6 Å². The Morgan fingerprint density at radius 1 is 0.353 bits per heavy atom. The summed E-state index contributed by atoms with van der Waals surface area (Å²) in [7, 11) is 6.46. The van der Waals surface area contributed by atoms with Crippen LogP contribution in [0.3, 0.4) is 0 Å². The molecule has 9 N–H and O–H groups in total. The second-order valence-electron chi connectivity index (χ2n) is 30.9. The predicted octanol–water partition coefficient (Wildman–Crippen LogP) is 17.6. The van der Waals surface area contributed by atoms with E-state index in [9.17, 15) is 34.2 Å². The van der Waals surface area contributed by atoms with Crippen molar-refractivity contribution in [3.63, 3.8) is 0 Å². The van der Waals surface area contributed by atoms with Crippen molar-refractivity contribution in [3.8, 4) is 147 Å². The summed E-state index contributed by atoms with van der Waals surface area (Å²) in [5, 5.41) is 44.8. The molecule has 0 aliphatic carbocycles. The third kappa shape index (κ3) is 20.4. The van der Waals surface area contributed by atoms with Gasteiger partial charge in [-0.05, 0) is 93.0 Å². The van der Waals surface area contributed by atoms with Gasteiger partial charge in [0.1, 0.15) is 56.7 Å². The van der Waals surface area contributed by atoms with Crippen molar-refractivity contribution in [3.05, 3.63) is 379 Å². The van der Waals surface area contributed by atoms with Crippen LogP contribution in [0.5, 0.6) is 34.8 Å². The summed E-state index contributed by atoms with van der Waals surface area (Å²) in [6.07, 6.45) is 0.734. The van der Waals surface area contributed by atoms with E-state index < -0.39 is 0 Å². The van der Waals surface area contributed by atoms with E-state index in [1.807, 2.05) is 291 Å². The predicted molar refractivity (Wildman–Crippen MR) is 524 cm³/mol. The third-order valence-corrected chi connectivity index (χ3v) is 22.3. The Morgan fingerprint density at radius 2 is 0.640 bits per heavy atom. The average molecular weight is 1830 g/mol. The molecule has 6 aromatic heterocycles. The van der Waals surface area contributed by atoms with Crippen LogP contribution in [0, 0.1) is 0 Å². The van der Waals surface area contributed by atoms with E-state index in [0.717, 1.165) is 118 Å². The van der Waals surface area contributed by atoms with Gasteiger partial charge in [-0.3, -0.25) is 24.0 Å². The van der Waals surface area contributed by atoms with E-state index >= 15 is 0 Å². The molecule has 2 aliphatic heterocycles. The minimum Gasteiger partial charge on any atom is -0.870 e. The van der Waals surface area contributed by atoms with E-state index in [1.165, 1.54) is 42.3 Å². The number of fused-ring (bicyclic) bond motifs is 4. The zero-order chi connectivity index (χ0) is 93.6. The smallest absolute Gasteiger partial charge is 0.870 e. The minimum absolute atomic E-state index is 0. The Kier molecular flexibility index (Phi) is 30.3. The molecule has 0 fully saturated rings. The molecule has 28 heteroatoms. The number of halogens is 1. The number of carbonyl (C=O) groups is 5. The number of allylic oxidation sites excluding steroid dienone is 4. The maximum absolute atomic E-state index is 13.8. The van der Waals surface area contributed by atoms with Crippen LogP contribution in [0.1, 0.15) is 52.9 Å². The molecule has 20 rings (SSSR count). The second kappa shape index (κ2) is 43.2. The van der Waals surface area contributed by atoms with Gasteiger partial charge in [0, 0.05) is 78.4 Å². The number of anilines is 1. The number of nitrogens with one attached hydrogen (secondary N) is 2. The van der Waals surface area contributed by atoms with Crippen molar-refractivity contribution in [2.24, 2.45) is 11.5 Å². The van der Waals surface area contributed by atoms with E-state index in [1.54, 1.807) is 73.9 Å². The van der Waals surface area contributed by atoms with Gasteiger partial charge in [0.05, 0.1) is 73.2 Å². The number of primary amides is 1. The number of amides is 3. The molecule has 0 bridgehead atoms. The van der Waals surface area contributed by atoms with E-state index in [-0.39, 0.29) is 76.1 Å². The molecule has 26 nitrogen and oxygen atoms in total. The van der Waals surface area contributed by atoms with Gasteiger partial charge in [-0.1, -0.05) is 303 Å². The topological polar surface area (TPSA) is 365 Å². The first-order valence-corrected chi connectivity index (χ1v) is 42.9. The van der Waals surface area contributed by atoms with Gasteiger partial charge in [0.2, 0.25) is 29.5 Å². The van der Waals surface area contributed by atoms with Gasteiger partial charge in [-0.25, -0.2) is 9.97 Å². The number of carbonyl (C=O) groups excluding carboxylic acids is 5. The van der Waals surface area contributed by atoms with Crippen molar-refractivity contribution < 1.29 is 88.2 Å². The number of methoxy groups -OCH3 is 4. The molecule has 3 amide bonds. The number of aromatic hydroxyl groups is 2. The maximum atomic E-state index is 13.8. The number of hydrogen-bond donors (Lipinski definition) is 6. The molecule has 18 aromatic rings. The molecule has 0 spiro atoms. The molecular weight excluding hydrogens is 1740 g/mol. The van der Waals surface area contributed by atoms with Crippen molar-refractivity contribution >= 4 is 69.4 Å². The van der Waals surface area contributed by atoms with Crippen LogP contribution in [0.2, 0.25) is 5.15 Å². The molecule has 0 unspecified atom stereocenters. The van der Waals surface area contributed by atoms with Crippen LogP contribution < -0.4 is 70.6 Å². The van der Waals surface area contributed by atoms with E-state index in [4.69, 9.17) is 66.6 Å². The third-order valence-electron chi connectivity index (χ3n) is 22.0. The number of nitrogens with zero attached hydrogens (tertiary/aromatic N) is 10. The molecule has 136 heavy (non-hydrogen) atoms. The standard InChI is InChI=1S/C28H24N4O3.C27H21N3O3.C26H20ClN3O2.C25H19N3O2.C2H5NO.Na.H2O/c1-18(33)29-26-24(20-14-16-22(34-2)17-15-20)28(35-3)32-27(30-26)23(19-10-6-4-7-11-19)25(31-32)21-12-8-5-9-13-21;1-17(31)28-22-16-23-25(18-8-4-2-5-9-18)26(20-10-6-3-7-11-20)29-30(23)27(33)24(22)19-12-14-21(32)15-13-19;1-31-20-15-13-18(14-16-20)22-24(27)28-25-21(17-9-5-3-6-10-17)23(19-11-7-4-8-12-19)29-30(25)26(22)32-2;26-20-15-21-23(16-7-3-1-4-8-16)24(18-9-5-2-6-10-18)27-28(21)25(30)22(20)17-11-13-19(29)14-12-17;1-2(3)4;;/h4-17H,1-3H3,(H,29,30,33);2-15,32H,16H2,1H3,(H,28,31);3-16H,1-2H3;1-14,29H,15,26H2;1H3,(H2,3,4);;1H2/q;;;;;+1;/p-1. The summed E-state index contributed by atoms with van der Waals surface area (Å²) in [6, 6.07) is 107. The number of benzene rings is 12. The normalized spacial score (nSPS) is 11.7. The number of nitrogens with two attached hydrogens (primary N) is 2. The Labute approximate surface area is 810 Å². The van der Waals surface area contributed by atoms with Gasteiger partial charge in [0.25, 0.3) is 11.8 Å². The Hall–Kier alpha value is -16.6. The number of rotatable bonds is 18. The summed E-state index contributed by atoms with van der Waals surface area (Å²) in [5.41, 5.74) is 33.9. The molecule has 8 heterocycles. The van der Waals surface area contributed by atoms with Gasteiger partial charge >= 0.3 is 29.6 Å². The van der Waals surface area contributed by atoms with Crippen LogP contribution in [0.4, 0.5) is 5.82 Å². The van der Waals surface area contributed by atoms with Crippen molar-refractivity contribution in [1.29, 1.82) is 0 Å². The Bertz CT molecular complexity index is 7420. The average Bonchev–Trinajstić information content (AvgIpc) is 1.60. The zero-order valence-electron chi connectivity index (χ0n) is 75.3. The number of phenols is 2. The fourth-order valence-electron chi connectivity index (χ4n) is 16.2. The van der Waals surface area contributed by atoms with Crippen LogP contribution >= 0.6 is 11.6 Å². The number of phenolic OH excluding ortho intramolecular Hbond substituents is 2. The van der Waals surface area contributed by atoms with Crippen LogP contribution in [0.15, 0.2) is 351 Å².